The summed E-state index contributed by atoms with van der Waals surface area (Å²) in [5, 5.41) is 3.58. The minimum absolute atomic E-state index is 0.581. The van der Waals surface area contributed by atoms with Crippen molar-refractivity contribution < 1.29 is 0 Å². The molecule has 3 atom stereocenters. The van der Waals surface area contributed by atoms with Crippen LogP contribution in [-0.4, -0.2) is 37.6 Å². The van der Waals surface area contributed by atoms with E-state index >= 15 is 0 Å². The van der Waals surface area contributed by atoms with Crippen molar-refractivity contribution in [2.45, 2.75) is 65.3 Å². The SMILES string of the molecule is CCC1CCC(NC)C(CN2CCC(C)(C)CC2)C1. The quantitative estimate of drug-likeness (QED) is 0.837. The van der Waals surface area contributed by atoms with Crippen molar-refractivity contribution in [1.29, 1.82) is 0 Å². The van der Waals surface area contributed by atoms with E-state index in [4.69, 9.17) is 0 Å². The molecule has 1 saturated carbocycles. The average Bonchev–Trinajstić information content (AvgIpc) is 2.41. The van der Waals surface area contributed by atoms with Gasteiger partial charge in [0.25, 0.3) is 0 Å². The smallest absolute Gasteiger partial charge is 0.0105 e. The van der Waals surface area contributed by atoms with Crippen LogP contribution >= 0.6 is 0 Å². The lowest BCUT2D eigenvalue weighted by Gasteiger charge is -2.42. The van der Waals surface area contributed by atoms with Gasteiger partial charge in [0.15, 0.2) is 0 Å². The van der Waals surface area contributed by atoms with Crippen LogP contribution in [0.4, 0.5) is 0 Å². The molecule has 1 aliphatic carbocycles. The summed E-state index contributed by atoms with van der Waals surface area (Å²) >= 11 is 0. The second-order valence-electron chi connectivity index (χ2n) is 7.71. The standard InChI is InChI=1S/C17H34N2/c1-5-14-6-7-16(18-4)15(12-14)13-19-10-8-17(2,3)9-11-19/h14-16,18H,5-13H2,1-4H3. The van der Waals surface area contributed by atoms with E-state index in [1.807, 2.05) is 0 Å². The molecule has 0 radical (unpaired) electrons. The van der Waals surface area contributed by atoms with Gasteiger partial charge in [-0.25, -0.2) is 0 Å². The topological polar surface area (TPSA) is 15.3 Å². The largest absolute Gasteiger partial charge is 0.317 e. The van der Waals surface area contributed by atoms with Crippen LogP contribution in [-0.2, 0) is 0 Å². The first-order valence-corrected chi connectivity index (χ1v) is 8.43. The monoisotopic (exact) mass is 266 g/mol. The Bertz CT molecular complexity index is 264. The molecule has 2 fully saturated rings. The van der Waals surface area contributed by atoms with Gasteiger partial charge in [-0.05, 0) is 69.5 Å². The highest BCUT2D eigenvalue weighted by Crippen LogP contribution is 2.34. The summed E-state index contributed by atoms with van der Waals surface area (Å²) in [5.41, 5.74) is 0.581. The zero-order valence-corrected chi connectivity index (χ0v) is 13.5. The van der Waals surface area contributed by atoms with Gasteiger partial charge in [0.2, 0.25) is 0 Å². The summed E-state index contributed by atoms with van der Waals surface area (Å²) in [5.74, 6) is 1.86. The Morgan fingerprint density at radius 3 is 2.42 bits per heavy atom. The zero-order chi connectivity index (χ0) is 13.9. The summed E-state index contributed by atoms with van der Waals surface area (Å²) in [6, 6.07) is 0.762. The average molecular weight is 266 g/mol. The summed E-state index contributed by atoms with van der Waals surface area (Å²) in [6.45, 7) is 11.2. The molecule has 1 N–H and O–H groups in total. The number of hydrogen-bond acceptors (Lipinski definition) is 2. The predicted octanol–water partition coefficient (Wildman–Crippen LogP) is 3.52. The first-order valence-electron chi connectivity index (χ1n) is 8.43. The van der Waals surface area contributed by atoms with Gasteiger partial charge in [-0.1, -0.05) is 27.2 Å². The van der Waals surface area contributed by atoms with E-state index in [0.717, 1.165) is 17.9 Å². The minimum Gasteiger partial charge on any atom is -0.317 e. The Labute approximate surface area is 120 Å². The number of likely N-dealkylation sites (tertiary alicyclic amines) is 1. The number of piperidine rings is 1. The van der Waals surface area contributed by atoms with Crippen LogP contribution in [0.2, 0.25) is 0 Å². The molecular formula is C17H34N2. The fourth-order valence-corrected chi connectivity index (χ4v) is 3.99. The molecule has 1 heterocycles. The molecule has 0 bridgehead atoms. The van der Waals surface area contributed by atoms with Gasteiger partial charge >= 0.3 is 0 Å². The van der Waals surface area contributed by atoms with Gasteiger partial charge in [0.1, 0.15) is 0 Å². The van der Waals surface area contributed by atoms with E-state index in [2.05, 4.69) is 38.0 Å². The maximum atomic E-state index is 3.58. The van der Waals surface area contributed by atoms with Crippen LogP contribution in [0, 0.1) is 17.3 Å². The summed E-state index contributed by atoms with van der Waals surface area (Å²) < 4.78 is 0. The zero-order valence-electron chi connectivity index (χ0n) is 13.5. The normalized spacial score (nSPS) is 36.3. The second-order valence-corrected chi connectivity index (χ2v) is 7.71. The minimum atomic E-state index is 0.581. The van der Waals surface area contributed by atoms with Crippen molar-refractivity contribution in [2.75, 3.05) is 26.7 Å². The molecule has 0 aromatic heterocycles. The van der Waals surface area contributed by atoms with E-state index in [1.54, 1.807) is 0 Å². The Hall–Kier alpha value is -0.0800. The molecular weight excluding hydrogens is 232 g/mol. The van der Waals surface area contributed by atoms with Gasteiger partial charge < -0.3 is 10.2 Å². The van der Waals surface area contributed by atoms with Gasteiger partial charge in [0.05, 0.1) is 0 Å². The third kappa shape index (κ3) is 4.19. The van der Waals surface area contributed by atoms with Crippen LogP contribution in [0.25, 0.3) is 0 Å². The fourth-order valence-electron chi connectivity index (χ4n) is 3.99. The van der Waals surface area contributed by atoms with E-state index < -0.39 is 0 Å². The van der Waals surface area contributed by atoms with Crippen molar-refractivity contribution >= 4 is 0 Å². The molecule has 2 aliphatic rings. The maximum Gasteiger partial charge on any atom is 0.0105 e. The van der Waals surface area contributed by atoms with Gasteiger partial charge in [-0.3, -0.25) is 0 Å². The van der Waals surface area contributed by atoms with Gasteiger partial charge in [-0.15, -0.1) is 0 Å². The van der Waals surface area contributed by atoms with Crippen molar-refractivity contribution in [1.82, 2.24) is 10.2 Å². The molecule has 2 rings (SSSR count). The lowest BCUT2D eigenvalue weighted by Crippen LogP contribution is -2.47. The first kappa shape index (κ1) is 15.3. The van der Waals surface area contributed by atoms with Gasteiger partial charge in [-0.2, -0.15) is 0 Å². The lowest BCUT2D eigenvalue weighted by molar-refractivity contribution is 0.0879. The summed E-state index contributed by atoms with van der Waals surface area (Å²) in [6.07, 6.45) is 8.40. The molecule has 2 nitrogen and oxygen atoms in total. The molecule has 0 spiro atoms. The van der Waals surface area contributed by atoms with E-state index in [9.17, 15) is 0 Å². The van der Waals surface area contributed by atoms with Crippen molar-refractivity contribution in [3.63, 3.8) is 0 Å². The molecule has 3 unspecified atom stereocenters. The van der Waals surface area contributed by atoms with Crippen molar-refractivity contribution in [3.05, 3.63) is 0 Å². The molecule has 1 aliphatic heterocycles. The third-order valence-electron chi connectivity index (χ3n) is 5.74. The molecule has 0 amide bonds. The fraction of sp³-hybridized carbons (Fsp3) is 1.00. The molecule has 1 saturated heterocycles. The highest BCUT2D eigenvalue weighted by molar-refractivity contribution is 4.87. The Morgan fingerprint density at radius 1 is 1.16 bits per heavy atom. The van der Waals surface area contributed by atoms with E-state index in [1.165, 1.54) is 58.2 Å². The van der Waals surface area contributed by atoms with Crippen LogP contribution in [0.3, 0.4) is 0 Å². The van der Waals surface area contributed by atoms with Crippen LogP contribution in [0.15, 0.2) is 0 Å². The highest BCUT2D eigenvalue weighted by atomic mass is 15.1. The van der Waals surface area contributed by atoms with Gasteiger partial charge in [0, 0.05) is 12.6 Å². The maximum absolute atomic E-state index is 3.58. The second kappa shape index (κ2) is 6.58. The Kier molecular flexibility index (Phi) is 5.30. The first-order chi connectivity index (χ1) is 9.04. The molecule has 19 heavy (non-hydrogen) atoms. The number of rotatable bonds is 4. The Morgan fingerprint density at radius 2 is 1.84 bits per heavy atom. The number of hydrogen-bond donors (Lipinski definition) is 1. The molecule has 2 heteroatoms. The van der Waals surface area contributed by atoms with E-state index in [-0.39, 0.29) is 0 Å². The van der Waals surface area contributed by atoms with Crippen LogP contribution < -0.4 is 5.32 Å². The van der Waals surface area contributed by atoms with Crippen molar-refractivity contribution in [2.24, 2.45) is 17.3 Å². The summed E-state index contributed by atoms with van der Waals surface area (Å²) in [4.78, 5) is 2.73. The van der Waals surface area contributed by atoms with Crippen LogP contribution in [0.5, 0.6) is 0 Å². The Balaban J connectivity index is 1.85. The number of nitrogens with one attached hydrogen (secondary N) is 1. The third-order valence-corrected chi connectivity index (χ3v) is 5.74. The molecule has 0 aromatic carbocycles. The van der Waals surface area contributed by atoms with Crippen LogP contribution in [0.1, 0.15) is 59.3 Å². The molecule has 0 aromatic rings. The molecule has 112 valence electrons. The predicted molar refractivity (Wildman–Crippen MR) is 83.4 cm³/mol. The van der Waals surface area contributed by atoms with E-state index in [0.29, 0.717) is 5.41 Å². The van der Waals surface area contributed by atoms with Crippen molar-refractivity contribution in [3.8, 4) is 0 Å². The lowest BCUT2D eigenvalue weighted by atomic mass is 9.76. The number of nitrogens with zero attached hydrogens (tertiary/aromatic N) is 1. The summed E-state index contributed by atoms with van der Waals surface area (Å²) in [7, 11) is 2.16. The highest BCUT2D eigenvalue weighted by Gasteiger charge is 2.32.